The van der Waals surface area contributed by atoms with Crippen LogP contribution in [0.2, 0.25) is 0 Å². The van der Waals surface area contributed by atoms with Crippen molar-refractivity contribution in [1.29, 1.82) is 0 Å². The van der Waals surface area contributed by atoms with Crippen molar-refractivity contribution in [3.05, 3.63) is 26.6 Å². The van der Waals surface area contributed by atoms with Gasteiger partial charge >= 0.3 is 5.97 Å². The van der Waals surface area contributed by atoms with Crippen LogP contribution in [0.3, 0.4) is 0 Å². The second-order valence-electron chi connectivity index (χ2n) is 3.84. The van der Waals surface area contributed by atoms with E-state index in [1.54, 1.807) is 6.07 Å². The molecule has 1 aromatic carbocycles. The van der Waals surface area contributed by atoms with Crippen LogP contribution in [0, 0.1) is 0 Å². The van der Waals surface area contributed by atoms with E-state index < -0.39 is 5.97 Å². The fraction of sp³-hybridized carbons (Fsp3) is 0.333. The van der Waals surface area contributed by atoms with Gasteiger partial charge < -0.3 is 15.7 Å². The number of rotatable bonds is 6. The number of carbonyl (C=O) groups is 2. The first-order chi connectivity index (χ1) is 8.95. The molecule has 0 heterocycles. The zero-order chi connectivity index (χ0) is 14.4. The second-order valence-corrected chi connectivity index (χ2v) is 5.61. The van der Waals surface area contributed by atoms with Gasteiger partial charge in [-0.15, -0.1) is 0 Å². The summed E-state index contributed by atoms with van der Waals surface area (Å²) >= 11 is 6.46. The maximum absolute atomic E-state index is 11.7. The molecule has 7 heteroatoms. The lowest BCUT2D eigenvalue weighted by Gasteiger charge is -2.11. The molecule has 0 aliphatic rings. The summed E-state index contributed by atoms with van der Waals surface area (Å²) < 4.78 is 1.14. The van der Waals surface area contributed by atoms with Crippen molar-refractivity contribution in [2.24, 2.45) is 0 Å². The minimum atomic E-state index is -1.10. The number of nitrogens with one attached hydrogen (secondary N) is 2. The van der Waals surface area contributed by atoms with Crippen molar-refractivity contribution >= 4 is 49.4 Å². The second kappa shape index (κ2) is 7.62. The summed E-state index contributed by atoms with van der Waals surface area (Å²) in [6.07, 6.45) is 0.926. The molecule has 0 saturated heterocycles. The molecule has 1 amide bonds. The third-order valence-corrected chi connectivity index (χ3v) is 3.35. The fourth-order valence-electron chi connectivity index (χ4n) is 1.43. The number of anilines is 1. The Morgan fingerprint density at radius 3 is 2.58 bits per heavy atom. The lowest BCUT2D eigenvalue weighted by Crippen LogP contribution is -2.29. The topological polar surface area (TPSA) is 78.4 Å². The Bertz CT molecular complexity index is 492. The van der Waals surface area contributed by atoms with Crippen LogP contribution >= 0.6 is 31.9 Å². The predicted molar refractivity (Wildman–Crippen MR) is 80.6 cm³/mol. The minimum Gasteiger partial charge on any atom is -0.478 e. The normalized spacial score (nSPS) is 10.3. The van der Waals surface area contributed by atoms with Crippen molar-refractivity contribution in [3.8, 4) is 0 Å². The van der Waals surface area contributed by atoms with Crippen molar-refractivity contribution in [1.82, 2.24) is 5.32 Å². The van der Waals surface area contributed by atoms with Gasteiger partial charge in [-0.05, 0) is 41.0 Å². The van der Waals surface area contributed by atoms with Crippen molar-refractivity contribution in [3.63, 3.8) is 0 Å². The monoisotopic (exact) mass is 392 g/mol. The molecule has 0 fully saturated rings. The molecule has 1 rings (SSSR count). The maximum Gasteiger partial charge on any atom is 0.337 e. The van der Waals surface area contributed by atoms with Crippen molar-refractivity contribution in [2.75, 3.05) is 18.4 Å². The summed E-state index contributed by atoms with van der Waals surface area (Å²) in [5.41, 5.74) is 0.295. The van der Waals surface area contributed by atoms with Gasteiger partial charge in [-0.1, -0.05) is 22.9 Å². The average Bonchev–Trinajstić information content (AvgIpc) is 2.32. The van der Waals surface area contributed by atoms with Crippen LogP contribution < -0.4 is 10.6 Å². The molecule has 5 nitrogen and oxygen atoms in total. The van der Waals surface area contributed by atoms with Crippen molar-refractivity contribution < 1.29 is 14.7 Å². The first kappa shape index (κ1) is 16.1. The molecule has 3 N–H and O–H groups in total. The standard InChI is InChI=1S/C12H14Br2N2O3/c1-2-3-15-6-10(17)16-11-8(12(18)19)4-7(13)5-9(11)14/h4-5,15H,2-3,6H2,1H3,(H,16,17)(H,18,19). The largest absolute Gasteiger partial charge is 0.478 e. The van der Waals surface area contributed by atoms with Crippen LogP contribution in [-0.2, 0) is 4.79 Å². The molecule has 0 bridgehead atoms. The number of amides is 1. The Hall–Kier alpha value is -0.920. The maximum atomic E-state index is 11.7. The molecule has 0 aromatic heterocycles. The number of carboxylic acid groups (broad SMARTS) is 1. The van der Waals surface area contributed by atoms with Crippen LogP contribution in [-0.4, -0.2) is 30.1 Å². The first-order valence-corrected chi connectivity index (χ1v) is 7.27. The van der Waals surface area contributed by atoms with E-state index in [2.05, 4.69) is 42.5 Å². The van der Waals surface area contributed by atoms with Crippen molar-refractivity contribution in [2.45, 2.75) is 13.3 Å². The van der Waals surface area contributed by atoms with E-state index in [9.17, 15) is 9.59 Å². The number of carbonyl (C=O) groups excluding carboxylic acids is 1. The van der Waals surface area contributed by atoms with E-state index >= 15 is 0 Å². The number of halogens is 2. The van der Waals surface area contributed by atoms with E-state index in [1.165, 1.54) is 6.07 Å². The minimum absolute atomic E-state index is 0.0325. The zero-order valence-corrected chi connectivity index (χ0v) is 13.5. The van der Waals surface area contributed by atoms with Gasteiger partial charge in [0, 0.05) is 8.95 Å². The van der Waals surface area contributed by atoms with Gasteiger partial charge in [0.2, 0.25) is 5.91 Å². The molecule has 0 unspecified atom stereocenters. The Kier molecular flexibility index (Phi) is 6.47. The first-order valence-electron chi connectivity index (χ1n) is 5.68. The average molecular weight is 394 g/mol. The van der Waals surface area contributed by atoms with Gasteiger partial charge in [-0.3, -0.25) is 4.79 Å². The van der Waals surface area contributed by atoms with Gasteiger partial charge in [0.05, 0.1) is 17.8 Å². The van der Waals surface area contributed by atoms with Crippen LogP contribution in [0.15, 0.2) is 21.1 Å². The van der Waals surface area contributed by atoms with E-state index in [0.717, 1.165) is 13.0 Å². The van der Waals surface area contributed by atoms with E-state index in [4.69, 9.17) is 5.11 Å². The third-order valence-electron chi connectivity index (χ3n) is 2.26. The highest BCUT2D eigenvalue weighted by Gasteiger charge is 2.16. The molecular formula is C12H14Br2N2O3. The summed E-state index contributed by atoms with van der Waals surface area (Å²) in [5.74, 6) is -1.38. The molecule has 0 atom stereocenters. The zero-order valence-electron chi connectivity index (χ0n) is 10.3. The molecule has 0 aliphatic carbocycles. The smallest absolute Gasteiger partial charge is 0.337 e. The van der Waals surface area contributed by atoms with Gasteiger partial charge in [0.1, 0.15) is 0 Å². The summed E-state index contributed by atoms with van der Waals surface area (Å²) in [6.45, 7) is 2.88. The predicted octanol–water partition coefficient (Wildman–Crippen LogP) is 2.85. The highest BCUT2D eigenvalue weighted by molar-refractivity contribution is 9.11. The van der Waals surface area contributed by atoms with E-state index in [0.29, 0.717) is 8.95 Å². The highest BCUT2D eigenvalue weighted by Crippen LogP contribution is 2.30. The summed E-state index contributed by atoms with van der Waals surface area (Å²) in [4.78, 5) is 22.9. The van der Waals surface area contributed by atoms with E-state index in [1.807, 2.05) is 6.92 Å². The Balaban J connectivity index is 2.88. The molecule has 0 saturated carbocycles. The molecule has 0 radical (unpaired) electrons. The molecule has 0 aliphatic heterocycles. The number of hydrogen-bond donors (Lipinski definition) is 3. The van der Waals surface area contributed by atoms with Gasteiger partial charge in [-0.25, -0.2) is 4.79 Å². The molecular weight excluding hydrogens is 380 g/mol. The van der Waals surface area contributed by atoms with Gasteiger partial charge in [0.25, 0.3) is 0 Å². The number of hydrogen-bond acceptors (Lipinski definition) is 3. The lowest BCUT2D eigenvalue weighted by molar-refractivity contribution is -0.115. The summed E-state index contributed by atoms with van der Waals surface area (Å²) in [5, 5.41) is 14.7. The highest BCUT2D eigenvalue weighted by atomic mass is 79.9. The third kappa shape index (κ3) is 4.93. The number of benzene rings is 1. The molecule has 1 aromatic rings. The Morgan fingerprint density at radius 2 is 2.00 bits per heavy atom. The Morgan fingerprint density at radius 1 is 1.32 bits per heavy atom. The number of aromatic carboxylic acids is 1. The molecule has 0 spiro atoms. The summed E-state index contributed by atoms with van der Waals surface area (Å²) in [6, 6.07) is 3.13. The van der Waals surface area contributed by atoms with E-state index in [-0.39, 0.29) is 23.7 Å². The Labute approximate surface area is 128 Å². The SMILES string of the molecule is CCCNCC(=O)Nc1c(Br)cc(Br)cc1C(=O)O. The number of carboxylic acids is 1. The lowest BCUT2D eigenvalue weighted by atomic mass is 10.2. The van der Waals surface area contributed by atoms with Crippen LogP contribution in [0.1, 0.15) is 23.7 Å². The van der Waals surface area contributed by atoms with Crippen LogP contribution in [0.4, 0.5) is 5.69 Å². The van der Waals surface area contributed by atoms with Crippen LogP contribution in [0.25, 0.3) is 0 Å². The summed E-state index contributed by atoms with van der Waals surface area (Å²) in [7, 11) is 0. The fourth-order valence-corrected chi connectivity index (χ4v) is 2.76. The molecule has 19 heavy (non-hydrogen) atoms. The van der Waals surface area contributed by atoms with Gasteiger partial charge in [0.15, 0.2) is 0 Å². The van der Waals surface area contributed by atoms with Gasteiger partial charge in [-0.2, -0.15) is 0 Å². The quantitative estimate of drug-likeness (QED) is 0.649. The van der Waals surface area contributed by atoms with Crippen LogP contribution in [0.5, 0.6) is 0 Å². The molecule has 104 valence electrons.